The van der Waals surface area contributed by atoms with Crippen LogP contribution in [0.3, 0.4) is 0 Å². The number of benzene rings is 2. The molecule has 0 saturated carbocycles. The lowest BCUT2D eigenvalue weighted by Gasteiger charge is -2.00. The molecule has 24 heavy (non-hydrogen) atoms. The quantitative estimate of drug-likeness (QED) is 0.504. The van der Waals surface area contributed by atoms with Crippen LogP contribution in [0.1, 0.15) is 44.4 Å². The highest BCUT2D eigenvalue weighted by Crippen LogP contribution is 2.28. The predicted octanol–water partition coefficient (Wildman–Crippen LogP) is 6.46. The second-order valence-electron chi connectivity index (χ2n) is 5.18. The molecule has 0 saturated heterocycles. The summed E-state index contributed by atoms with van der Waals surface area (Å²) in [6.07, 6.45) is 3.05. The molecule has 0 bridgehead atoms. The first-order chi connectivity index (χ1) is 11.8. The number of aryl methyl sites for hydroxylation is 2. The molecule has 1 N–H and O–H groups in total. The molecule has 2 aromatic carbocycles. The van der Waals surface area contributed by atoms with Gasteiger partial charge in [0.1, 0.15) is 5.75 Å². The minimum Gasteiger partial charge on any atom is -0.493 e. The normalized spacial score (nSPS) is 10.9. The van der Waals surface area contributed by atoms with Crippen molar-refractivity contribution in [2.24, 2.45) is 0 Å². The van der Waals surface area contributed by atoms with Gasteiger partial charge in [-0.2, -0.15) is 0 Å². The van der Waals surface area contributed by atoms with Gasteiger partial charge in [0.05, 0.1) is 6.61 Å². The Labute approximate surface area is 146 Å². The lowest BCUT2D eigenvalue weighted by atomic mass is 10.1. The molecule has 0 fully saturated rings. The summed E-state index contributed by atoms with van der Waals surface area (Å²) in [7, 11) is 0. The van der Waals surface area contributed by atoms with Crippen molar-refractivity contribution in [3.05, 3.63) is 65.4 Å². The van der Waals surface area contributed by atoms with Crippen molar-refractivity contribution >= 4 is 10.9 Å². The van der Waals surface area contributed by atoms with Crippen LogP contribution in [0.25, 0.3) is 10.9 Å². The molecule has 0 atom stereocenters. The third-order valence-electron chi connectivity index (χ3n) is 3.71. The number of nitrogens with one attached hydrogen (secondary N) is 1. The summed E-state index contributed by atoms with van der Waals surface area (Å²) in [6.45, 7) is 13.1. The third kappa shape index (κ3) is 4.89. The number of rotatable bonds is 0. The van der Waals surface area contributed by atoms with E-state index in [1.807, 2.05) is 33.9 Å². The van der Waals surface area contributed by atoms with Crippen molar-refractivity contribution in [3.8, 4) is 5.75 Å². The Morgan fingerprint density at radius 1 is 0.833 bits per heavy atom. The second-order valence-corrected chi connectivity index (χ2v) is 5.18. The molecule has 0 unspecified atom stereocenters. The molecular weight excluding hydrogens is 294 g/mol. The van der Waals surface area contributed by atoms with Crippen LogP contribution < -0.4 is 4.74 Å². The Morgan fingerprint density at radius 2 is 1.50 bits per heavy atom. The molecule has 3 aromatic rings. The molecule has 0 amide bonds. The van der Waals surface area contributed by atoms with E-state index in [-0.39, 0.29) is 0 Å². The van der Waals surface area contributed by atoms with Gasteiger partial charge in [0.25, 0.3) is 0 Å². The highest BCUT2D eigenvalue weighted by Gasteiger charge is 2.12. The molecule has 2 nitrogen and oxygen atoms in total. The monoisotopic (exact) mass is 325 g/mol. The Hall–Kier alpha value is -2.22. The first-order valence-electron chi connectivity index (χ1n) is 9.00. The molecule has 4 rings (SSSR count). The summed E-state index contributed by atoms with van der Waals surface area (Å²) in [4.78, 5) is 3.19. The van der Waals surface area contributed by atoms with E-state index in [9.17, 15) is 0 Å². The highest BCUT2D eigenvalue weighted by atomic mass is 16.5. The third-order valence-corrected chi connectivity index (χ3v) is 3.71. The topological polar surface area (TPSA) is 25.0 Å². The second kappa shape index (κ2) is 10.5. The number of H-pyrrole nitrogens is 1. The lowest BCUT2D eigenvalue weighted by molar-refractivity contribution is 0.354. The number of para-hydroxylation sites is 2. The summed E-state index contributed by atoms with van der Waals surface area (Å²) < 4.78 is 5.43. The Balaban J connectivity index is 0.000000199. The predicted molar refractivity (Wildman–Crippen MR) is 106 cm³/mol. The summed E-state index contributed by atoms with van der Waals surface area (Å²) in [5.41, 5.74) is 5.18. The maximum Gasteiger partial charge on any atom is 0.125 e. The Bertz CT molecular complexity index is 728. The van der Waals surface area contributed by atoms with Gasteiger partial charge < -0.3 is 9.72 Å². The van der Waals surface area contributed by atoms with E-state index in [1.165, 1.54) is 27.6 Å². The maximum absolute atomic E-state index is 5.43. The first kappa shape index (κ1) is 19.8. The Morgan fingerprint density at radius 3 is 2.17 bits per heavy atom. The zero-order chi connectivity index (χ0) is 17.9. The molecule has 1 aliphatic heterocycles. The van der Waals surface area contributed by atoms with E-state index in [0.29, 0.717) is 0 Å². The zero-order valence-electron chi connectivity index (χ0n) is 15.9. The van der Waals surface area contributed by atoms with Crippen molar-refractivity contribution in [2.45, 2.75) is 48.0 Å². The van der Waals surface area contributed by atoms with E-state index >= 15 is 0 Å². The highest BCUT2D eigenvalue weighted by molar-refractivity contribution is 5.82. The lowest BCUT2D eigenvalue weighted by Crippen LogP contribution is -1.87. The minimum atomic E-state index is 0.861. The van der Waals surface area contributed by atoms with Crippen molar-refractivity contribution in [1.29, 1.82) is 0 Å². The average Bonchev–Trinajstić information content (AvgIpc) is 3.29. The van der Waals surface area contributed by atoms with E-state index in [2.05, 4.69) is 61.3 Å². The van der Waals surface area contributed by atoms with Crippen LogP contribution in [0.15, 0.2) is 48.7 Å². The average molecular weight is 325 g/mol. The van der Waals surface area contributed by atoms with Gasteiger partial charge in [0.15, 0.2) is 0 Å². The van der Waals surface area contributed by atoms with Crippen LogP contribution in [0.4, 0.5) is 0 Å². The SMILES string of the molecule is CC.CC.Cc1cccc2c1OCC2.Cc1cccc2cc[nH]c12. The number of aromatic amines is 1. The van der Waals surface area contributed by atoms with Crippen molar-refractivity contribution in [3.63, 3.8) is 0 Å². The van der Waals surface area contributed by atoms with Gasteiger partial charge in [-0.1, -0.05) is 64.1 Å². The molecule has 0 radical (unpaired) electrons. The van der Waals surface area contributed by atoms with Gasteiger partial charge in [-0.05, 0) is 42.0 Å². The molecule has 0 aliphatic carbocycles. The molecule has 1 aromatic heterocycles. The number of fused-ring (bicyclic) bond motifs is 2. The number of hydrogen-bond acceptors (Lipinski definition) is 1. The fraction of sp³-hybridized carbons (Fsp3) is 0.364. The molecular formula is C22H31NO. The zero-order valence-corrected chi connectivity index (χ0v) is 15.9. The largest absolute Gasteiger partial charge is 0.493 e. The summed E-state index contributed by atoms with van der Waals surface area (Å²) in [6, 6.07) is 14.7. The molecule has 130 valence electrons. The van der Waals surface area contributed by atoms with Gasteiger partial charge in [-0.25, -0.2) is 0 Å². The van der Waals surface area contributed by atoms with Crippen LogP contribution in [0, 0.1) is 13.8 Å². The van der Waals surface area contributed by atoms with E-state index in [1.54, 1.807) is 0 Å². The number of ether oxygens (including phenoxy) is 1. The van der Waals surface area contributed by atoms with Gasteiger partial charge >= 0.3 is 0 Å². The number of aromatic nitrogens is 1. The van der Waals surface area contributed by atoms with E-state index in [4.69, 9.17) is 4.74 Å². The van der Waals surface area contributed by atoms with Gasteiger partial charge in [0, 0.05) is 18.1 Å². The minimum absolute atomic E-state index is 0.861. The summed E-state index contributed by atoms with van der Waals surface area (Å²) in [5, 5.41) is 1.29. The van der Waals surface area contributed by atoms with E-state index < -0.39 is 0 Å². The fourth-order valence-electron chi connectivity index (χ4n) is 2.62. The molecule has 0 spiro atoms. The maximum atomic E-state index is 5.43. The van der Waals surface area contributed by atoms with Gasteiger partial charge in [-0.15, -0.1) is 0 Å². The molecule has 2 heterocycles. The smallest absolute Gasteiger partial charge is 0.125 e. The van der Waals surface area contributed by atoms with Gasteiger partial charge in [-0.3, -0.25) is 0 Å². The van der Waals surface area contributed by atoms with Crippen LogP contribution in [0.5, 0.6) is 5.75 Å². The first-order valence-corrected chi connectivity index (χ1v) is 9.00. The van der Waals surface area contributed by atoms with Crippen molar-refractivity contribution < 1.29 is 4.74 Å². The summed E-state index contributed by atoms with van der Waals surface area (Å²) >= 11 is 0. The van der Waals surface area contributed by atoms with Crippen LogP contribution in [0.2, 0.25) is 0 Å². The van der Waals surface area contributed by atoms with Crippen molar-refractivity contribution in [2.75, 3.05) is 6.61 Å². The molecule has 2 heteroatoms. The van der Waals surface area contributed by atoms with Gasteiger partial charge in [0.2, 0.25) is 0 Å². The Kier molecular flexibility index (Phi) is 8.70. The number of hydrogen-bond donors (Lipinski definition) is 1. The standard InChI is InChI=1S/C9H9N.C9H10O.2C2H6/c2*1-7-3-2-4-8-5-6-10-9(7)8;2*1-2/h2-6,10H,1H3;2-4H,5-6H2,1H3;2*1-2H3. The van der Waals surface area contributed by atoms with Crippen molar-refractivity contribution in [1.82, 2.24) is 4.98 Å². The van der Waals surface area contributed by atoms with Crippen LogP contribution >= 0.6 is 0 Å². The summed E-state index contributed by atoms with van der Waals surface area (Å²) in [5.74, 6) is 1.11. The van der Waals surface area contributed by atoms with E-state index in [0.717, 1.165) is 18.8 Å². The van der Waals surface area contributed by atoms with Crippen LogP contribution in [-0.2, 0) is 6.42 Å². The fourth-order valence-corrected chi connectivity index (χ4v) is 2.62. The molecule has 1 aliphatic rings. The van der Waals surface area contributed by atoms with Crippen LogP contribution in [-0.4, -0.2) is 11.6 Å².